The molecule has 0 atom stereocenters. The Bertz CT molecular complexity index is 845. The summed E-state index contributed by atoms with van der Waals surface area (Å²) in [5, 5.41) is 13.2. The van der Waals surface area contributed by atoms with Gasteiger partial charge in [0.2, 0.25) is 5.91 Å². The van der Waals surface area contributed by atoms with Gasteiger partial charge in [0.1, 0.15) is 5.69 Å². The second-order valence-corrected chi connectivity index (χ2v) is 6.55. The molecule has 2 aromatic carbocycles. The van der Waals surface area contributed by atoms with Crippen LogP contribution in [0.4, 0.5) is 25.8 Å². The maximum absolute atomic E-state index is 13.4. The van der Waals surface area contributed by atoms with Crippen LogP contribution in [0.5, 0.6) is 0 Å². The van der Waals surface area contributed by atoms with Gasteiger partial charge in [-0.3, -0.25) is 14.9 Å². The molecule has 0 aliphatic carbocycles. The van der Waals surface area contributed by atoms with E-state index in [1.54, 1.807) is 12.1 Å². The Morgan fingerprint density at radius 1 is 1.07 bits per heavy atom. The fourth-order valence-electron chi connectivity index (χ4n) is 2.57. The summed E-state index contributed by atoms with van der Waals surface area (Å²) in [6.45, 7) is 1.24. The predicted molar refractivity (Wildman–Crippen MR) is 105 cm³/mol. The van der Waals surface area contributed by atoms with Gasteiger partial charge in [0.25, 0.3) is 5.69 Å². The summed E-state index contributed by atoms with van der Waals surface area (Å²) < 4.78 is 26.6. The van der Waals surface area contributed by atoms with Crippen molar-refractivity contribution in [3.05, 3.63) is 63.7 Å². The van der Waals surface area contributed by atoms with Crippen LogP contribution in [0, 0.1) is 21.7 Å². The fourth-order valence-corrected chi connectivity index (χ4v) is 2.97. The Morgan fingerprint density at radius 2 is 1.64 bits per heavy atom. The first-order valence-corrected chi connectivity index (χ1v) is 9.31. The molecule has 0 saturated carbocycles. The molecule has 0 aliphatic rings. The van der Waals surface area contributed by atoms with E-state index >= 15 is 0 Å². The van der Waals surface area contributed by atoms with Crippen molar-refractivity contribution in [1.29, 1.82) is 0 Å². The van der Waals surface area contributed by atoms with Crippen LogP contribution in [0.2, 0.25) is 0 Å². The molecule has 0 spiro atoms. The molecule has 2 aromatic rings. The molecule has 0 fully saturated rings. The van der Waals surface area contributed by atoms with Gasteiger partial charge in [-0.25, -0.2) is 8.78 Å². The highest BCUT2D eigenvalue weighted by molar-refractivity contribution is 6.18. The van der Waals surface area contributed by atoms with E-state index in [9.17, 15) is 23.7 Å². The van der Waals surface area contributed by atoms with Crippen LogP contribution >= 0.6 is 23.2 Å². The van der Waals surface area contributed by atoms with Crippen molar-refractivity contribution in [2.24, 2.45) is 0 Å². The topological polar surface area (TPSA) is 75.5 Å². The minimum atomic E-state index is -1.36. The van der Waals surface area contributed by atoms with E-state index in [0.29, 0.717) is 42.5 Å². The molecule has 150 valence electrons. The maximum atomic E-state index is 13.4. The molecule has 1 N–H and O–H groups in total. The Kier molecular flexibility index (Phi) is 7.95. The quantitative estimate of drug-likeness (QED) is 0.364. The number of amides is 1. The molecule has 0 radical (unpaired) electrons. The smallest absolute Gasteiger partial charge is 0.295 e. The number of carbonyl (C=O) groups is 1. The molecular weight excluding hydrogens is 415 g/mol. The highest BCUT2D eigenvalue weighted by Crippen LogP contribution is 2.27. The summed E-state index contributed by atoms with van der Waals surface area (Å²) in [7, 11) is 0. The Labute approximate surface area is 170 Å². The number of nitro benzene ring substituents is 1. The van der Waals surface area contributed by atoms with Crippen LogP contribution in [0.1, 0.15) is 5.56 Å². The zero-order valence-corrected chi connectivity index (χ0v) is 16.1. The number of nitro groups is 1. The second kappa shape index (κ2) is 10.2. The minimum Gasteiger partial charge on any atom is -0.369 e. The average molecular weight is 432 g/mol. The highest BCUT2D eigenvalue weighted by Gasteiger charge is 2.20. The van der Waals surface area contributed by atoms with Crippen LogP contribution < -0.4 is 10.2 Å². The molecule has 10 heteroatoms. The number of carbonyl (C=O) groups excluding carboxylic acids is 1. The third-order valence-electron chi connectivity index (χ3n) is 3.88. The monoisotopic (exact) mass is 431 g/mol. The lowest BCUT2D eigenvalue weighted by molar-refractivity contribution is -0.384. The van der Waals surface area contributed by atoms with Crippen LogP contribution in [-0.4, -0.2) is 35.7 Å². The number of nitrogens with one attached hydrogen (secondary N) is 1. The average Bonchev–Trinajstić information content (AvgIpc) is 2.64. The van der Waals surface area contributed by atoms with Gasteiger partial charge in [-0.2, -0.15) is 0 Å². The summed E-state index contributed by atoms with van der Waals surface area (Å²) in [6.07, 6.45) is -0.0958. The largest absolute Gasteiger partial charge is 0.369 e. The zero-order valence-electron chi connectivity index (χ0n) is 14.6. The fraction of sp³-hybridized carbons (Fsp3) is 0.278. The first-order valence-electron chi connectivity index (χ1n) is 8.24. The molecule has 0 bridgehead atoms. The predicted octanol–water partition coefficient (Wildman–Crippen LogP) is 4.34. The minimum absolute atomic E-state index is 0.0958. The molecule has 0 aliphatic heterocycles. The Morgan fingerprint density at radius 3 is 2.18 bits per heavy atom. The van der Waals surface area contributed by atoms with Crippen molar-refractivity contribution in [3.8, 4) is 0 Å². The number of anilines is 2. The lowest BCUT2D eigenvalue weighted by Crippen LogP contribution is -2.27. The molecule has 1 amide bonds. The summed E-state index contributed by atoms with van der Waals surface area (Å²) in [6, 6.07) is 8.09. The van der Waals surface area contributed by atoms with Crippen molar-refractivity contribution in [2.45, 2.75) is 6.42 Å². The number of halogens is 4. The third-order valence-corrected chi connectivity index (χ3v) is 4.22. The van der Waals surface area contributed by atoms with Crippen LogP contribution in [-0.2, 0) is 11.2 Å². The van der Waals surface area contributed by atoms with E-state index in [2.05, 4.69) is 5.32 Å². The first-order chi connectivity index (χ1) is 13.3. The molecule has 0 aromatic heterocycles. The van der Waals surface area contributed by atoms with Gasteiger partial charge in [-0.05, 0) is 17.7 Å². The van der Waals surface area contributed by atoms with Crippen molar-refractivity contribution < 1.29 is 18.5 Å². The number of alkyl halides is 2. The molecule has 0 unspecified atom stereocenters. The van der Waals surface area contributed by atoms with E-state index in [1.807, 2.05) is 17.0 Å². The van der Waals surface area contributed by atoms with E-state index in [1.165, 1.54) is 0 Å². The first kappa shape index (κ1) is 21.8. The van der Waals surface area contributed by atoms with Crippen molar-refractivity contribution in [3.63, 3.8) is 0 Å². The second-order valence-electron chi connectivity index (χ2n) is 5.80. The van der Waals surface area contributed by atoms with Gasteiger partial charge in [0.05, 0.1) is 17.4 Å². The lowest BCUT2D eigenvalue weighted by Gasteiger charge is -2.23. The summed E-state index contributed by atoms with van der Waals surface area (Å²) in [5.41, 5.74) is 0.409. The van der Waals surface area contributed by atoms with Crippen LogP contribution in [0.25, 0.3) is 0 Å². The van der Waals surface area contributed by atoms with Crippen molar-refractivity contribution in [2.75, 3.05) is 35.1 Å². The van der Waals surface area contributed by atoms with Gasteiger partial charge >= 0.3 is 0 Å². The number of benzene rings is 2. The number of hydrogen-bond acceptors (Lipinski definition) is 4. The normalized spacial score (nSPS) is 10.6. The number of hydrogen-bond donors (Lipinski definition) is 1. The standard InChI is InChI=1S/C18H17Cl2F2N3O3/c19-5-7-24(8-6-20)13-3-1-12(2-4-13)9-18(26)23-16-10-14(21)15(22)11-17(16)25(27)28/h1-4,10-11H,5-9H2,(H,23,26). The Hall–Kier alpha value is -2.45. The van der Waals surface area contributed by atoms with Gasteiger partial charge in [0, 0.05) is 36.6 Å². The number of nitrogens with zero attached hydrogens (tertiary/aromatic N) is 2. The third kappa shape index (κ3) is 5.77. The maximum Gasteiger partial charge on any atom is 0.295 e. The van der Waals surface area contributed by atoms with E-state index in [4.69, 9.17) is 23.2 Å². The van der Waals surface area contributed by atoms with E-state index in [0.717, 1.165) is 5.69 Å². The SMILES string of the molecule is O=C(Cc1ccc(N(CCCl)CCCl)cc1)Nc1cc(F)c(F)cc1[N+](=O)[O-]. The molecule has 0 saturated heterocycles. The summed E-state index contributed by atoms with van der Waals surface area (Å²) >= 11 is 11.6. The van der Waals surface area contributed by atoms with Gasteiger partial charge in [-0.1, -0.05) is 12.1 Å². The zero-order chi connectivity index (χ0) is 20.7. The molecule has 28 heavy (non-hydrogen) atoms. The molecular formula is C18H17Cl2F2N3O3. The van der Waals surface area contributed by atoms with E-state index < -0.39 is 33.8 Å². The molecule has 6 nitrogen and oxygen atoms in total. The van der Waals surface area contributed by atoms with Crippen LogP contribution in [0.15, 0.2) is 36.4 Å². The highest BCUT2D eigenvalue weighted by atomic mass is 35.5. The van der Waals surface area contributed by atoms with Gasteiger partial charge in [-0.15, -0.1) is 23.2 Å². The number of rotatable bonds is 9. The van der Waals surface area contributed by atoms with Crippen molar-refractivity contribution in [1.82, 2.24) is 0 Å². The molecule has 2 rings (SSSR count). The van der Waals surface area contributed by atoms with E-state index in [-0.39, 0.29) is 6.42 Å². The summed E-state index contributed by atoms with van der Waals surface area (Å²) in [5.74, 6) is -2.37. The van der Waals surface area contributed by atoms with Gasteiger partial charge in [0.15, 0.2) is 11.6 Å². The van der Waals surface area contributed by atoms with Gasteiger partial charge < -0.3 is 10.2 Å². The molecule has 0 heterocycles. The summed E-state index contributed by atoms with van der Waals surface area (Å²) in [4.78, 5) is 24.3. The van der Waals surface area contributed by atoms with Crippen molar-refractivity contribution >= 4 is 46.2 Å². The Balaban J connectivity index is 2.09. The van der Waals surface area contributed by atoms with Crippen LogP contribution in [0.3, 0.4) is 0 Å². The lowest BCUT2D eigenvalue weighted by atomic mass is 10.1.